The molecule has 0 saturated carbocycles. The summed E-state index contributed by atoms with van der Waals surface area (Å²) in [7, 11) is 0. The molecule has 1 fully saturated rings. The quantitative estimate of drug-likeness (QED) is 0.504. The van der Waals surface area contributed by atoms with Crippen LogP contribution in [0.1, 0.15) is 57.8 Å². The molecule has 1 rings (SSSR count). The average Bonchev–Trinajstić information content (AvgIpc) is 2.46. The van der Waals surface area contributed by atoms with Gasteiger partial charge in [0.1, 0.15) is 0 Å². The Labute approximate surface area is 89.0 Å². The van der Waals surface area contributed by atoms with Crippen molar-refractivity contribution < 1.29 is 0 Å². The highest BCUT2D eigenvalue weighted by molar-refractivity contribution is 4.71. The van der Waals surface area contributed by atoms with E-state index in [1.54, 1.807) is 0 Å². The molecule has 0 amide bonds. The zero-order valence-electron chi connectivity index (χ0n) is 9.43. The van der Waals surface area contributed by atoms with Crippen molar-refractivity contribution in [3.05, 3.63) is 12.7 Å². The van der Waals surface area contributed by atoms with Crippen LogP contribution in [0.2, 0.25) is 0 Å². The lowest BCUT2D eigenvalue weighted by Gasteiger charge is -2.14. The van der Waals surface area contributed by atoms with Gasteiger partial charge in [0.05, 0.1) is 0 Å². The molecule has 1 atom stereocenters. The van der Waals surface area contributed by atoms with Crippen LogP contribution in [0, 0.1) is 0 Å². The first-order chi connectivity index (χ1) is 6.93. The summed E-state index contributed by atoms with van der Waals surface area (Å²) >= 11 is 0. The Kier molecular flexibility index (Phi) is 6.77. The molecule has 0 aromatic rings. The molecule has 14 heavy (non-hydrogen) atoms. The molecule has 1 N–H and O–H groups in total. The first kappa shape index (κ1) is 11.8. The zero-order chi connectivity index (χ0) is 10.1. The highest BCUT2D eigenvalue weighted by atomic mass is 14.9. The van der Waals surface area contributed by atoms with Crippen LogP contribution in [0.4, 0.5) is 0 Å². The van der Waals surface area contributed by atoms with Gasteiger partial charge >= 0.3 is 0 Å². The van der Waals surface area contributed by atoms with Crippen molar-refractivity contribution in [2.24, 2.45) is 0 Å². The van der Waals surface area contributed by atoms with E-state index in [0.29, 0.717) is 0 Å². The first-order valence-corrected chi connectivity index (χ1v) is 6.28. The fourth-order valence-corrected chi connectivity index (χ4v) is 2.20. The molecular weight excluding hydrogens is 170 g/mol. The molecule has 1 aliphatic rings. The first-order valence-electron chi connectivity index (χ1n) is 6.28. The molecule has 1 unspecified atom stereocenters. The van der Waals surface area contributed by atoms with Crippen LogP contribution in [0.5, 0.6) is 0 Å². The Morgan fingerprint density at radius 1 is 1.14 bits per heavy atom. The number of hydrogen-bond donors (Lipinski definition) is 1. The van der Waals surface area contributed by atoms with Gasteiger partial charge in [0.15, 0.2) is 0 Å². The third-order valence-electron chi connectivity index (χ3n) is 3.12. The SMILES string of the molecule is C=CCCCCCC1CCCCCN1. The Bertz CT molecular complexity index is 134. The average molecular weight is 195 g/mol. The molecule has 0 bridgehead atoms. The highest BCUT2D eigenvalue weighted by Crippen LogP contribution is 2.14. The lowest BCUT2D eigenvalue weighted by atomic mass is 10.0. The molecule has 0 aromatic heterocycles. The van der Waals surface area contributed by atoms with Crippen LogP contribution in [0.3, 0.4) is 0 Å². The van der Waals surface area contributed by atoms with E-state index in [-0.39, 0.29) is 0 Å². The van der Waals surface area contributed by atoms with Gasteiger partial charge in [0, 0.05) is 6.04 Å². The largest absolute Gasteiger partial charge is 0.314 e. The fraction of sp³-hybridized carbons (Fsp3) is 0.846. The van der Waals surface area contributed by atoms with Crippen LogP contribution in [-0.4, -0.2) is 12.6 Å². The van der Waals surface area contributed by atoms with E-state index in [2.05, 4.69) is 11.9 Å². The number of rotatable bonds is 6. The summed E-state index contributed by atoms with van der Waals surface area (Å²) in [5, 5.41) is 3.65. The Balaban J connectivity index is 1.96. The minimum atomic E-state index is 0.821. The van der Waals surface area contributed by atoms with Gasteiger partial charge in [0.25, 0.3) is 0 Å². The smallest absolute Gasteiger partial charge is 0.00670 e. The normalized spacial score (nSPS) is 23.0. The molecule has 0 aromatic carbocycles. The summed E-state index contributed by atoms with van der Waals surface area (Å²) in [6.45, 7) is 5.00. The Morgan fingerprint density at radius 3 is 2.93 bits per heavy atom. The second-order valence-corrected chi connectivity index (χ2v) is 4.43. The molecule has 1 nitrogen and oxygen atoms in total. The van der Waals surface area contributed by atoms with E-state index in [4.69, 9.17) is 0 Å². The van der Waals surface area contributed by atoms with Gasteiger partial charge in [-0.05, 0) is 38.6 Å². The van der Waals surface area contributed by atoms with Crippen molar-refractivity contribution in [1.82, 2.24) is 5.32 Å². The maximum Gasteiger partial charge on any atom is 0.00670 e. The van der Waals surface area contributed by atoms with Gasteiger partial charge < -0.3 is 5.32 Å². The van der Waals surface area contributed by atoms with Crippen molar-refractivity contribution in [3.8, 4) is 0 Å². The number of unbranched alkanes of at least 4 members (excludes halogenated alkanes) is 3. The van der Waals surface area contributed by atoms with Crippen LogP contribution in [0.15, 0.2) is 12.7 Å². The summed E-state index contributed by atoms with van der Waals surface area (Å²) in [6, 6.07) is 0.821. The zero-order valence-corrected chi connectivity index (χ0v) is 9.43. The monoisotopic (exact) mass is 195 g/mol. The van der Waals surface area contributed by atoms with E-state index in [0.717, 1.165) is 6.04 Å². The lowest BCUT2D eigenvalue weighted by molar-refractivity contribution is 0.454. The molecule has 0 spiro atoms. The van der Waals surface area contributed by atoms with E-state index in [1.165, 1.54) is 64.3 Å². The predicted molar refractivity (Wildman–Crippen MR) is 63.5 cm³/mol. The predicted octanol–water partition coefficient (Wildman–Crippen LogP) is 3.66. The van der Waals surface area contributed by atoms with Crippen LogP contribution < -0.4 is 5.32 Å². The van der Waals surface area contributed by atoms with E-state index >= 15 is 0 Å². The van der Waals surface area contributed by atoms with E-state index < -0.39 is 0 Å². The van der Waals surface area contributed by atoms with Crippen molar-refractivity contribution >= 4 is 0 Å². The van der Waals surface area contributed by atoms with Gasteiger partial charge in [-0.3, -0.25) is 0 Å². The second kappa shape index (κ2) is 8.05. The topological polar surface area (TPSA) is 12.0 Å². The standard InChI is InChI=1S/C13H25N/c1-2-3-4-5-7-10-13-11-8-6-9-12-14-13/h2,13-14H,1,3-12H2. The minimum Gasteiger partial charge on any atom is -0.314 e. The molecule has 1 heteroatoms. The molecule has 1 saturated heterocycles. The van der Waals surface area contributed by atoms with Gasteiger partial charge in [-0.1, -0.05) is 31.8 Å². The molecule has 82 valence electrons. The Morgan fingerprint density at radius 2 is 2.07 bits per heavy atom. The van der Waals surface area contributed by atoms with E-state index in [1.807, 2.05) is 6.08 Å². The van der Waals surface area contributed by atoms with Crippen molar-refractivity contribution in [2.75, 3.05) is 6.54 Å². The molecule has 0 radical (unpaired) electrons. The van der Waals surface area contributed by atoms with Crippen LogP contribution >= 0.6 is 0 Å². The molecule has 1 heterocycles. The summed E-state index contributed by atoms with van der Waals surface area (Å²) in [5.74, 6) is 0. The molecule has 0 aliphatic carbocycles. The maximum absolute atomic E-state index is 3.75. The number of hydrogen-bond acceptors (Lipinski definition) is 1. The van der Waals surface area contributed by atoms with Gasteiger partial charge in [0.2, 0.25) is 0 Å². The third-order valence-corrected chi connectivity index (χ3v) is 3.12. The fourth-order valence-electron chi connectivity index (χ4n) is 2.20. The summed E-state index contributed by atoms with van der Waals surface area (Å²) < 4.78 is 0. The van der Waals surface area contributed by atoms with Crippen LogP contribution in [0.25, 0.3) is 0 Å². The van der Waals surface area contributed by atoms with Crippen LogP contribution in [-0.2, 0) is 0 Å². The third kappa shape index (κ3) is 5.43. The van der Waals surface area contributed by atoms with Crippen molar-refractivity contribution in [3.63, 3.8) is 0 Å². The summed E-state index contributed by atoms with van der Waals surface area (Å²) in [6.07, 6.45) is 14.4. The minimum absolute atomic E-state index is 0.821. The van der Waals surface area contributed by atoms with Crippen molar-refractivity contribution in [2.45, 2.75) is 63.8 Å². The van der Waals surface area contributed by atoms with Crippen molar-refractivity contribution in [1.29, 1.82) is 0 Å². The highest BCUT2D eigenvalue weighted by Gasteiger charge is 2.09. The van der Waals surface area contributed by atoms with Gasteiger partial charge in [-0.15, -0.1) is 6.58 Å². The molecule has 1 aliphatic heterocycles. The second-order valence-electron chi connectivity index (χ2n) is 4.43. The number of nitrogens with one attached hydrogen (secondary N) is 1. The molecular formula is C13H25N. The van der Waals surface area contributed by atoms with E-state index in [9.17, 15) is 0 Å². The Hall–Kier alpha value is -0.300. The maximum atomic E-state index is 3.75. The lowest BCUT2D eigenvalue weighted by Crippen LogP contribution is -2.27. The summed E-state index contributed by atoms with van der Waals surface area (Å²) in [4.78, 5) is 0. The number of allylic oxidation sites excluding steroid dienone is 1. The van der Waals surface area contributed by atoms with Gasteiger partial charge in [-0.25, -0.2) is 0 Å². The van der Waals surface area contributed by atoms with Gasteiger partial charge in [-0.2, -0.15) is 0 Å². The summed E-state index contributed by atoms with van der Waals surface area (Å²) in [5.41, 5.74) is 0.